The number of fused-ring (bicyclic) bond motifs is 1. The van der Waals surface area contributed by atoms with Crippen LogP contribution in [0.2, 0.25) is 0 Å². The first kappa shape index (κ1) is 14.2. The molecule has 2 atom stereocenters. The van der Waals surface area contributed by atoms with Crippen LogP contribution in [0, 0.1) is 5.92 Å². The van der Waals surface area contributed by atoms with Gasteiger partial charge in [0.15, 0.2) is 0 Å². The second-order valence-electron chi connectivity index (χ2n) is 5.30. The van der Waals surface area contributed by atoms with E-state index in [2.05, 4.69) is 30.3 Å². The molecule has 0 aliphatic heterocycles. The molecule has 0 saturated heterocycles. The number of hydrogen-bond donors (Lipinski definition) is 0. The summed E-state index contributed by atoms with van der Waals surface area (Å²) in [6.45, 7) is 8.58. The van der Waals surface area contributed by atoms with E-state index in [0.29, 0.717) is 12.0 Å². The molecule has 0 fully saturated rings. The van der Waals surface area contributed by atoms with Gasteiger partial charge in [0.1, 0.15) is 11.6 Å². The van der Waals surface area contributed by atoms with Gasteiger partial charge in [0, 0.05) is 12.1 Å². The molecule has 4 heteroatoms. The lowest BCUT2D eigenvalue weighted by Crippen LogP contribution is -2.14. The molecule has 0 saturated carbocycles. The molecule has 0 radical (unpaired) electrons. The van der Waals surface area contributed by atoms with E-state index in [1.807, 2.05) is 25.1 Å². The van der Waals surface area contributed by atoms with Gasteiger partial charge in [-0.1, -0.05) is 13.8 Å². The van der Waals surface area contributed by atoms with Crippen molar-refractivity contribution in [1.29, 1.82) is 0 Å². The Bertz CT molecular complexity index is 575. The van der Waals surface area contributed by atoms with Gasteiger partial charge < -0.3 is 9.30 Å². The summed E-state index contributed by atoms with van der Waals surface area (Å²) in [5, 5.41) is -0.111. The molecule has 2 rings (SSSR count). The molecule has 0 bridgehead atoms. The zero-order valence-corrected chi connectivity index (χ0v) is 12.9. The lowest BCUT2D eigenvalue weighted by atomic mass is 10.1. The zero-order valence-electron chi connectivity index (χ0n) is 12.1. The second kappa shape index (κ2) is 5.41. The van der Waals surface area contributed by atoms with Crippen molar-refractivity contribution in [2.24, 2.45) is 5.92 Å². The first-order valence-electron chi connectivity index (χ1n) is 6.65. The molecular formula is C15H21ClN2O. The van der Waals surface area contributed by atoms with Crippen LogP contribution in [0.25, 0.3) is 11.0 Å². The van der Waals surface area contributed by atoms with E-state index < -0.39 is 0 Å². The molecule has 0 aliphatic rings. The average molecular weight is 281 g/mol. The highest BCUT2D eigenvalue weighted by Crippen LogP contribution is 2.32. The van der Waals surface area contributed by atoms with Crippen molar-refractivity contribution in [3.8, 4) is 5.75 Å². The minimum absolute atomic E-state index is 0.111. The van der Waals surface area contributed by atoms with Crippen LogP contribution in [0.5, 0.6) is 5.75 Å². The van der Waals surface area contributed by atoms with Crippen LogP contribution < -0.4 is 4.74 Å². The fraction of sp³-hybridized carbons (Fsp3) is 0.533. The van der Waals surface area contributed by atoms with Crippen LogP contribution in [0.3, 0.4) is 0 Å². The Morgan fingerprint density at radius 2 is 1.89 bits per heavy atom. The van der Waals surface area contributed by atoms with Crippen LogP contribution in [-0.4, -0.2) is 16.7 Å². The summed E-state index contributed by atoms with van der Waals surface area (Å²) in [5.41, 5.74) is 2.05. The molecule has 0 aliphatic carbocycles. The van der Waals surface area contributed by atoms with Gasteiger partial charge in [-0.25, -0.2) is 4.98 Å². The van der Waals surface area contributed by atoms with Crippen molar-refractivity contribution in [3.63, 3.8) is 0 Å². The van der Waals surface area contributed by atoms with E-state index in [-0.39, 0.29) is 5.38 Å². The summed E-state index contributed by atoms with van der Waals surface area (Å²) < 4.78 is 7.55. The third-order valence-corrected chi connectivity index (χ3v) is 3.85. The largest absolute Gasteiger partial charge is 0.497 e. The van der Waals surface area contributed by atoms with E-state index in [4.69, 9.17) is 16.3 Å². The van der Waals surface area contributed by atoms with E-state index in [1.54, 1.807) is 7.11 Å². The summed E-state index contributed by atoms with van der Waals surface area (Å²) in [7, 11) is 1.68. The quantitative estimate of drug-likeness (QED) is 0.768. The van der Waals surface area contributed by atoms with Crippen molar-refractivity contribution in [2.75, 3.05) is 7.11 Å². The highest BCUT2D eigenvalue weighted by molar-refractivity contribution is 6.20. The maximum atomic E-state index is 6.29. The lowest BCUT2D eigenvalue weighted by molar-refractivity contribution is 0.402. The third-order valence-electron chi connectivity index (χ3n) is 3.65. The summed E-state index contributed by atoms with van der Waals surface area (Å²) in [4.78, 5) is 4.67. The van der Waals surface area contributed by atoms with Crippen molar-refractivity contribution >= 4 is 22.6 Å². The highest BCUT2D eigenvalue weighted by Gasteiger charge is 2.21. The fourth-order valence-electron chi connectivity index (χ4n) is 2.23. The number of rotatable bonds is 4. The Hall–Kier alpha value is -1.22. The maximum Gasteiger partial charge on any atom is 0.127 e. The number of methoxy groups -OCH3 is 1. The molecule has 2 unspecified atom stereocenters. The van der Waals surface area contributed by atoms with Gasteiger partial charge in [-0.3, -0.25) is 0 Å². The highest BCUT2D eigenvalue weighted by atomic mass is 35.5. The number of imidazole rings is 1. The zero-order chi connectivity index (χ0) is 14.2. The lowest BCUT2D eigenvalue weighted by Gasteiger charge is -2.22. The Kier molecular flexibility index (Phi) is 4.04. The van der Waals surface area contributed by atoms with Gasteiger partial charge >= 0.3 is 0 Å². The summed E-state index contributed by atoms with van der Waals surface area (Å²) in [5.74, 6) is 2.28. The van der Waals surface area contributed by atoms with Crippen LogP contribution in [-0.2, 0) is 0 Å². The van der Waals surface area contributed by atoms with Gasteiger partial charge in [-0.2, -0.15) is 0 Å². The van der Waals surface area contributed by atoms with Crippen molar-refractivity contribution in [2.45, 2.75) is 39.1 Å². The normalized spacial score (nSPS) is 14.9. The molecular weight excluding hydrogens is 260 g/mol. The van der Waals surface area contributed by atoms with Crippen LogP contribution in [0.15, 0.2) is 18.2 Å². The molecule has 19 heavy (non-hydrogen) atoms. The van der Waals surface area contributed by atoms with E-state index in [9.17, 15) is 0 Å². The molecule has 2 aromatic rings. The van der Waals surface area contributed by atoms with Crippen LogP contribution >= 0.6 is 11.6 Å². The Labute approximate surface area is 119 Å². The minimum atomic E-state index is -0.111. The van der Waals surface area contributed by atoms with Crippen LogP contribution in [0.4, 0.5) is 0 Å². The molecule has 0 amide bonds. The van der Waals surface area contributed by atoms with Crippen molar-refractivity contribution < 1.29 is 4.74 Å². The number of ether oxygens (including phenoxy) is 1. The van der Waals surface area contributed by atoms with Gasteiger partial charge in [-0.05, 0) is 31.9 Å². The first-order valence-corrected chi connectivity index (χ1v) is 7.09. The first-order chi connectivity index (χ1) is 8.95. The van der Waals surface area contributed by atoms with E-state index in [0.717, 1.165) is 22.6 Å². The second-order valence-corrected chi connectivity index (χ2v) is 5.95. The fourth-order valence-corrected chi connectivity index (χ4v) is 2.38. The number of alkyl halides is 1. The monoisotopic (exact) mass is 280 g/mol. The predicted molar refractivity (Wildman–Crippen MR) is 80.1 cm³/mol. The third kappa shape index (κ3) is 2.57. The standard InChI is InChI=1S/C15H21ClN2O/c1-9(2)11(4)18-14-8-12(19-5)6-7-13(14)17-15(18)10(3)16/h6-11H,1-5H3. The van der Waals surface area contributed by atoms with Crippen molar-refractivity contribution in [1.82, 2.24) is 9.55 Å². The number of halogens is 1. The molecule has 1 aromatic carbocycles. The van der Waals surface area contributed by atoms with Gasteiger partial charge in [0.2, 0.25) is 0 Å². The number of nitrogens with zero attached hydrogens (tertiary/aromatic N) is 2. The average Bonchev–Trinajstić information content (AvgIpc) is 2.75. The summed E-state index contributed by atoms with van der Waals surface area (Å²) in [6, 6.07) is 6.29. The number of aromatic nitrogens is 2. The smallest absolute Gasteiger partial charge is 0.127 e. The van der Waals surface area contributed by atoms with Crippen LogP contribution in [0.1, 0.15) is 44.9 Å². The Morgan fingerprint density at radius 1 is 1.21 bits per heavy atom. The topological polar surface area (TPSA) is 27.1 Å². The van der Waals surface area contributed by atoms with Gasteiger partial charge in [0.05, 0.1) is 23.5 Å². The van der Waals surface area contributed by atoms with Crippen molar-refractivity contribution in [3.05, 3.63) is 24.0 Å². The number of hydrogen-bond acceptors (Lipinski definition) is 2. The Morgan fingerprint density at radius 3 is 2.42 bits per heavy atom. The molecule has 1 heterocycles. The number of benzene rings is 1. The molecule has 0 N–H and O–H groups in total. The van der Waals surface area contributed by atoms with Gasteiger partial charge in [0.25, 0.3) is 0 Å². The SMILES string of the molecule is COc1ccc2nc(C(C)Cl)n(C(C)C(C)C)c2c1. The summed E-state index contributed by atoms with van der Waals surface area (Å²) in [6.07, 6.45) is 0. The summed E-state index contributed by atoms with van der Waals surface area (Å²) >= 11 is 6.29. The van der Waals surface area contributed by atoms with E-state index in [1.165, 1.54) is 0 Å². The minimum Gasteiger partial charge on any atom is -0.497 e. The van der Waals surface area contributed by atoms with Gasteiger partial charge in [-0.15, -0.1) is 11.6 Å². The molecule has 104 valence electrons. The Balaban J connectivity index is 2.70. The predicted octanol–water partition coefficient (Wildman–Crippen LogP) is 4.56. The molecule has 3 nitrogen and oxygen atoms in total. The molecule has 1 aromatic heterocycles. The maximum absolute atomic E-state index is 6.29. The van der Waals surface area contributed by atoms with E-state index >= 15 is 0 Å². The molecule has 0 spiro atoms.